The van der Waals surface area contributed by atoms with E-state index < -0.39 is 0 Å². The Morgan fingerprint density at radius 2 is 2.21 bits per heavy atom. The molecule has 0 spiro atoms. The van der Waals surface area contributed by atoms with Gasteiger partial charge < -0.3 is 19.7 Å². The maximum Gasteiger partial charge on any atom is 0.229 e. The third-order valence-electron chi connectivity index (χ3n) is 4.01. The lowest BCUT2D eigenvalue weighted by molar-refractivity contribution is -0.137. The number of carbonyl (C=O) groups excluding carboxylic acids is 1. The highest BCUT2D eigenvalue weighted by Gasteiger charge is 2.36. The molecule has 110 valence electrons. The number of likely N-dealkylation sites (N-methyl/N-ethyl adjacent to an activating group) is 2. The summed E-state index contributed by atoms with van der Waals surface area (Å²) in [5.41, 5.74) is 0. The molecule has 0 aromatic rings. The van der Waals surface area contributed by atoms with Crippen molar-refractivity contribution in [1.29, 1.82) is 0 Å². The van der Waals surface area contributed by atoms with Crippen LogP contribution in [0, 0.1) is 5.92 Å². The van der Waals surface area contributed by atoms with Crippen molar-refractivity contribution in [2.75, 3.05) is 39.5 Å². The summed E-state index contributed by atoms with van der Waals surface area (Å²) in [6.45, 7) is 8.45. The number of nitrogens with zero attached hydrogens (tertiary/aromatic N) is 1. The molecular formula is C14H26N2O3. The first-order valence-electron chi connectivity index (χ1n) is 7.47. The van der Waals surface area contributed by atoms with Gasteiger partial charge in [0.1, 0.15) is 0 Å². The van der Waals surface area contributed by atoms with Crippen molar-refractivity contribution >= 4 is 5.91 Å². The number of rotatable bonds is 6. The molecule has 19 heavy (non-hydrogen) atoms. The molecule has 2 aliphatic rings. The van der Waals surface area contributed by atoms with E-state index in [4.69, 9.17) is 9.47 Å². The van der Waals surface area contributed by atoms with Crippen molar-refractivity contribution < 1.29 is 14.3 Å². The Morgan fingerprint density at radius 3 is 2.84 bits per heavy atom. The lowest BCUT2D eigenvalue weighted by Gasteiger charge is -2.28. The Labute approximate surface area is 115 Å². The lowest BCUT2D eigenvalue weighted by Crippen LogP contribution is -2.47. The van der Waals surface area contributed by atoms with E-state index in [1.54, 1.807) is 0 Å². The van der Waals surface area contributed by atoms with Gasteiger partial charge in [0.15, 0.2) is 0 Å². The van der Waals surface area contributed by atoms with Gasteiger partial charge in [0.25, 0.3) is 0 Å². The van der Waals surface area contributed by atoms with Gasteiger partial charge in [-0.2, -0.15) is 0 Å². The zero-order valence-corrected chi connectivity index (χ0v) is 12.1. The smallest absolute Gasteiger partial charge is 0.229 e. The average Bonchev–Trinajstić information content (AvgIpc) is 3.06. The molecule has 5 nitrogen and oxygen atoms in total. The van der Waals surface area contributed by atoms with Crippen LogP contribution in [0.15, 0.2) is 0 Å². The van der Waals surface area contributed by atoms with Crippen molar-refractivity contribution in [3.8, 4) is 0 Å². The van der Waals surface area contributed by atoms with Gasteiger partial charge in [0.2, 0.25) is 5.91 Å². The Hall–Kier alpha value is -0.650. The maximum atomic E-state index is 12.6. The summed E-state index contributed by atoms with van der Waals surface area (Å²) in [5, 5.41) is 3.34. The van der Waals surface area contributed by atoms with Crippen molar-refractivity contribution in [2.45, 2.75) is 38.8 Å². The second kappa shape index (κ2) is 7.22. The summed E-state index contributed by atoms with van der Waals surface area (Å²) < 4.78 is 11.1. The van der Waals surface area contributed by atoms with Gasteiger partial charge in [-0.25, -0.2) is 0 Å². The molecule has 2 saturated heterocycles. The van der Waals surface area contributed by atoms with Crippen LogP contribution in [0.3, 0.4) is 0 Å². The zero-order valence-electron chi connectivity index (χ0n) is 12.1. The monoisotopic (exact) mass is 270 g/mol. The predicted molar refractivity (Wildman–Crippen MR) is 73.0 cm³/mol. The van der Waals surface area contributed by atoms with Crippen LogP contribution in [0.4, 0.5) is 0 Å². The lowest BCUT2D eigenvalue weighted by atomic mass is 10.0. The first-order valence-corrected chi connectivity index (χ1v) is 7.47. The third kappa shape index (κ3) is 3.68. The van der Waals surface area contributed by atoms with Gasteiger partial charge in [-0.3, -0.25) is 4.79 Å². The molecule has 0 bridgehead atoms. The van der Waals surface area contributed by atoms with E-state index in [1.165, 1.54) is 0 Å². The number of nitrogens with one attached hydrogen (secondary N) is 1. The number of carbonyl (C=O) groups is 1. The summed E-state index contributed by atoms with van der Waals surface area (Å²) in [5.74, 6) is 0.169. The molecule has 2 heterocycles. The molecule has 0 saturated carbocycles. The Balaban J connectivity index is 1.91. The fourth-order valence-corrected chi connectivity index (χ4v) is 2.90. The number of ether oxygens (including phenoxy) is 2. The highest BCUT2D eigenvalue weighted by Crippen LogP contribution is 2.19. The van der Waals surface area contributed by atoms with Gasteiger partial charge >= 0.3 is 0 Å². The zero-order chi connectivity index (χ0) is 13.7. The van der Waals surface area contributed by atoms with E-state index in [0.29, 0.717) is 13.2 Å². The van der Waals surface area contributed by atoms with Gasteiger partial charge in [0.05, 0.1) is 25.2 Å². The van der Waals surface area contributed by atoms with Crippen LogP contribution in [-0.4, -0.2) is 62.4 Å². The van der Waals surface area contributed by atoms with E-state index in [9.17, 15) is 4.79 Å². The second-order valence-electron chi connectivity index (χ2n) is 5.32. The molecule has 1 N–H and O–H groups in total. The highest BCUT2D eigenvalue weighted by atomic mass is 16.5. The van der Waals surface area contributed by atoms with Crippen LogP contribution in [-0.2, 0) is 14.3 Å². The summed E-state index contributed by atoms with van der Waals surface area (Å²) in [4.78, 5) is 14.5. The van der Waals surface area contributed by atoms with Crippen LogP contribution in [0.2, 0.25) is 0 Å². The van der Waals surface area contributed by atoms with Crippen molar-refractivity contribution in [3.63, 3.8) is 0 Å². The SMILES string of the molecule is CCNC1COCC1C(=O)N(CC)CC1CCCO1. The van der Waals surface area contributed by atoms with E-state index in [1.807, 2.05) is 11.8 Å². The van der Waals surface area contributed by atoms with Crippen LogP contribution in [0.1, 0.15) is 26.7 Å². The van der Waals surface area contributed by atoms with Gasteiger partial charge in [-0.05, 0) is 26.3 Å². The minimum Gasteiger partial charge on any atom is -0.379 e. The Bertz CT molecular complexity index is 292. The molecule has 1 amide bonds. The van der Waals surface area contributed by atoms with Crippen LogP contribution < -0.4 is 5.32 Å². The highest BCUT2D eigenvalue weighted by molar-refractivity contribution is 5.80. The number of hydrogen-bond donors (Lipinski definition) is 1. The molecule has 0 radical (unpaired) electrons. The van der Waals surface area contributed by atoms with Gasteiger partial charge in [-0.1, -0.05) is 6.92 Å². The molecule has 0 aromatic heterocycles. The summed E-state index contributed by atoms with van der Waals surface area (Å²) >= 11 is 0. The van der Waals surface area contributed by atoms with E-state index in [-0.39, 0.29) is 24.0 Å². The molecule has 3 unspecified atom stereocenters. The minimum absolute atomic E-state index is 0.0405. The molecular weight excluding hydrogens is 244 g/mol. The molecule has 3 atom stereocenters. The van der Waals surface area contributed by atoms with Crippen molar-refractivity contribution in [2.24, 2.45) is 5.92 Å². The summed E-state index contributed by atoms with van der Waals surface area (Å²) in [6, 6.07) is 0.163. The molecule has 2 rings (SSSR count). The van der Waals surface area contributed by atoms with Crippen LogP contribution >= 0.6 is 0 Å². The standard InChI is InChI=1S/C14H26N2O3/c1-3-15-13-10-18-9-12(13)14(17)16(4-2)8-11-6-5-7-19-11/h11-13,15H,3-10H2,1-2H3. The van der Waals surface area contributed by atoms with Crippen LogP contribution in [0.5, 0.6) is 0 Å². The largest absolute Gasteiger partial charge is 0.379 e. The fourth-order valence-electron chi connectivity index (χ4n) is 2.90. The summed E-state index contributed by atoms with van der Waals surface area (Å²) in [7, 11) is 0. The second-order valence-corrected chi connectivity index (χ2v) is 5.32. The molecule has 2 fully saturated rings. The maximum absolute atomic E-state index is 12.6. The molecule has 2 aliphatic heterocycles. The van der Waals surface area contributed by atoms with Crippen molar-refractivity contribution in [1.82, 2.24) is 10.2 Å². The normalized spacial score (nSPS) is 30.7. The van der Waals surface area contributed by atoms with Gasteiger partial charge in [-0.15, -0.1) is 0 Å². The molecule has 0 aromatic carbocycles. The van der Waals surface area contributed by atoms with Crippen LogP contribution in [0.25, 0.3) is 0 Å². The Morgan fingerprint density at radius 1 is 1.37 bits per heavy atom. The predicted octanol–water partition coefficient (Wildman–Crippen LogP) is 0.638. The van der Waals surface area contributed by atoms with Crippen molar-refractivity contribution in [3.05, 3.63) is 0 Å². The topological polar surface area (TPSA) is 50.8 Å². The fraction of sp³-hybridized carbons (Fsp3) is 0.929. The Kier molecular flexibility index (Phi) is 5.60. The number of amides is 1. The molecule has 5 heteroatoms. The first kappa shape index (κ1) is 14.8. The van der Waals surface area contributed by atoms with E-state index >= 15 is 0 Å². The molecule has 0 aliphatic carbocycles. The third-order valence-corrected chi connectivity index (χ3v) is 4.01. The average molecular weight is 270 g/mol. The summed E-state index contributed by atoms with van der Waals surface area (Å²) in [6.07, 6.45) is 2.41. The van der Waals surface area contributed by atoms with Gasteiger partial charge in [0, 0.05) is 25.7 Å². The van der Waals surface area contributed by atoms with E-state index in [2.05, 4.69) is 12.2 Å². The first-order chi connectivity index (χ1) is 9.26. The number of hydrogen-bond acceptors (Lipinski definition) is 4. The minimum atomic E-state index is -0.0405. The quantitative estimate of drug-likeness (QED) is 0.769. The van der Waals surface area contributed by atoms with E-state index in [0.717, 1.165) is 39.1 Å².